The summed E-state index contributed by atoms with van der Waals surface area (Å²) in [4.78, 5) is 27.8. The third-order valence-electron chi connectivity index (χ3n) is 4.78. The minimum atomic E-state index is -4.70. The number of anilines is 1. The van der Waals surface area contributed by atoms with Gasteiger partial charge in [-0.2, -0.15) is 18.4 Å². The van der Waals surface area contributed by atoms with Crippen molar-refractivity contribution in [2.75, 3.05) is 51.8 Å². The lowest BCUT2D eigenvalue weighted by Gasteiger charge is -2.41. The molecule has 164 valence electrons. The summed E-state index contributed by atoms with van der Waals surface area (Å²) in [7, 11) is 2.98. The minimum absolute atomic E-state index is 0.0110. The fourth-order valence-corrected chi connectivity index (χ4v) is 3.23. The van der Waals surface area contributed by atoms with Crippen LogP contribution >= 0.6 is 0 Å². The summed E-state index contributed by atoms with van der Waals surface area (Å²) in [5.74, 6) is -0.426. The smallest absolute Gasteiger partial charge is 0.385 e. The number of alkyl halides is 3. The van der Waals surface area contributed by atoms with E-state index in [1.165, 1.54) is 22.9 Å². The zero-order chi connectivity index (χ0) is 22.3. The predicted molar refractivity (Wildman–Crippen MR) is 103 cm³/mol. The number of methoxy groups -OCH3 is 1. The first kappa shape index (κ1) is 23.3. The van der Waals surface area contributed by atoms with Crippen molar-refractivity contribution >= 4 is 17.6 Å². The Labute approximate surface area is 172 Å². The van der Waals surface area contributed by atoms with Crippen LogP contribution in [0.1, 0.15) is 17.5 Å². The number of likely N-dealkylation sites (N-methyl/N-ethyl adjacent to an activating group) is 1. The highest BCUT2D eigenvalue weighted by molar-refractivity contribution is 5.87. The Bertz CT molecular complexity index is 810. The van der Waals surface area contributed by atoms with Gasteiger partial charge in [0.25, 0.3) is 0 Å². The molecule has 8 nitrogen and oxygen atoms in total. The van der Waals surface area contributed by atoms with Gasteiger partial charge >= 0.3 is 12.2 Å². The fourth-order valence-electron chi connectivity index (χ4n) is 3.23. The summed E-state index contributed by atoms with van der Waals surface area (Å²) in [6.45, 7) is 1.30. The van der Waals surface area contributed by atoms with Crippen molar-refractivity contribution in [2.24, 2.45) is 0 Å². The van der Waals surface area contributed by atoms with Crippen LogP contribution in [0.3, 0.4) is 0 Å². The summed E-state index contributed by atoms with van der Waals surface area (Å²) in [6.07, 6.45) is -4.07. The maximum atomic E-state index is 13.3. The van der Waals surface area contributed by atoms with Gasteiger partial charge in [0.05, 0.1) is 23.7 Å². The largest absolute Gasteiger partial charge is 0.417 e. The Hall–Kier alpha value is -3.00. The van der Waals surface area contributed by atoms with Crippen LogP contribution in [0.25, 0.3) is 0 Å². The molecule has 3 amide bonds. The molecular formula is C19H24F3N5O3. The molecule has 1 fully saturated rings. The Morgan fingerprint density at radius 3 is 2.67 bits per heavy atom. The SMILES string of the molecule is CNC(=O)C1CN(C(=O)NCCCOC)CCN1c1ccc(C#N)c(C(F)(F)F)c1. The van der Waals surface area contributed by atoms with E-state index in [0.717, 1.165) is 12.1 Å². The first-order valence-electron chi connectivity index (χ1n) is 9.34. The van der Waals surface area contributed by atoms with Crippen LogP contribution in [0.4, 0.5) is 23.7 Å². The van der Waals surface area contributed by atoms with Crippen molar-refractivity contribution in [1.29, 1.82) is 5.26 Å². The number of nitrogens with zero attached hydrogens (tertiary/aromatic N) is 3. The van der Waals surface area contributed by atoms with Crippen LogP contribution in [0.15, 0.2) is 18.2 Å². The Kier molecular flexibility index (Phi) is 7.88. The molecule has 2 N–H and O–H groups in total. The van der Waals surface area contributed by atoms with Gasteiger partial charge in [-0.25, -0.2) is 4.79 Å². The topological polar surface area (TPSA) is 97.7 Å². The highest BCUT2D eigenvalue weighted by Gasteiger charge is 2.37. The number of carbonyl (C=O) groups excluding carboxylic acids is 2. The average molecular weight is 427 g/mol. The van der Waals surface area contributed by atoms with Gasteiger partial charge in [0.1, 0.15) is 6.04 Å². The molecule has 1 unspecified atom stereocenters. The first-order chi connectivity index (χ1) is 14.2. The van der Waals surface area contributed by atoms with Crippen LogP contribution in [0.2, 0.25) is 0 Å². The second kappa shape index (κ2) is 10.2. The predicted octanol–water partition coefficient (Wildman–Crippen LogP) is 1.56. The Balaban J connectivity index is 2.22. The van der Waals surface area contributed by atoms with Crippen LogP contribution in [-0.4, -0.2) is 69.8 Å². The minimum Gasteiger partial charge on any atom is -0.385 e. The zero-order valence-electron chi connectivity index (χ0n) is 16.8. The van der Waals surface area contributed by atoms with Crippen molar-refractivity contribution in [3.8, 4) is 6.07 Å². The standard InChI is InChI=1S/C19H24F3N5O3/c1-24-17(28)16-12-26(18(29)25-6-3-9-30-2)7-8-27(16)14-5-4-13(11-23)15(10-14)19(20,21)22/h4-5,10,16H,3,6-9,12H2,1-2H3,(H,24,28)(H,25,29). The third kappa shape index (κ3) is 5.54. The average Bonchev–Trinajstić information content (AvgIpc) is 2.74. The highest BCUT2D eigenvalue weighted by atomic mass is 19.4. The number of rotatable bonds is 6. The summed E-state index contributed by atoms with van der Waals surface area (Å²) < 4.78 is 44.9. The van der Waals surface area contributed by atoms with Crippen LogP contribution < -0.4 is 15.5 Å². The van der Waals surface area contributed by atoms with Gasteiger partial charge < -0.3 is 25.2 Å². The molecule has 0 saturated carbocycles. The van der Waals surface area contributed by atoms with Gasteiger partial charge in [-0.3, -0.25) is 4.79 Å². The monoisotopic (exact) mass is 427 g/mol. The van der Waals surface area contributed by atoms with Gasteiger partial charge in [-0.15, -0.1) is 0 Å². The number of hydrogen-bond donors (Lipinski definition) is 2. The van der Waals surface area contributed by atoms with Crippen LogP contribution in [0, 0.1) is 11.3 Å². The molecule has 0 bridgehead atoms. The maximum Gasteiger partial charge on any atom is 0.417 e. The molecule has 30 heavy (non-hydrogen) atoms. The summed E-state index contributed by atoms with van der Waals surface area (Å²) in [6, 6.07) is 3.66. The quantitative estimate of drug-likeness (QED) is 0.672. The lowest BCUT2D eigenvalue weighted by Crippen LogP contribution is -2.61. The lowest BCUT2D eigenvalue weighted by atomic mass is 10.0. The normalized spacial score (nSPS) is 16.7. The number of nitrogens with one attached hydrogen (secondary N) is 2. The Morgan fingerprint density at radius 1 is 1.33 bits per heavy atom. The third-order valence-corrected chi connectivity index (χ3v) is 4.78. The van der Waals surface area contributed by atoms with Gasteiger partial charge in [0, 0.05) is 46.1 Å². The lowest BCUT2D eigenvalue weighted by molar-refractivity contribution is -0.137. The highest BCUT2D eigenvalue weighted by Crippen LogP contribution is 2.35. The van der Waals surface area contributed by atoms with Gasteiger partial charge in [-0.05, 0) is 24.6 Å². The molecule has 0 aromatic heterocycles. The number of amides is 3. The number of ether oxygens (including phenoxy) is 1. The van der Waals surface area contributed by atoms with Crippen LogP contribution in [-0.2, 0) is 15.7 Å². The second-order valence-electron chi connectivity index (χ2n) is 6.69. The number of urea groups is 1. The van der Waals surface area contributed by atoms with Crippen LogP contribution in [0.5, 0.6) is 0 Å². The second-order valence-corrected chi connectivity index (χ2v) is 6.69. The molecule has 0 spiro atoms. The van der Waals surface area contributed by atoms with E-state index in [0.29, 0.717) is 19.6 Å². The molecule has 0 aliphatic carbocycles. The number of benzene rings is 1. The van der Waals surface area contributed by atoms with E-state index >= 15 is 0 Å². The molecule has 2 rings (SSSR count). The summed E-state index contributed by atoms with van der Waals surface area (Å²) in [5, 5.41) is 14.2. The van der Waals surface area contributed by atoms with Gasteiger partial charge in [0.2, 0.25) is 5.91 Å². The number of nitriles is 1. The van der Waals surface area contributed by atoms with Crippen molar-refractivity contribution < 1.29 is 27.5 Å². The molecule has 0 radical (unpaired) electrons. The van der Waals surface area contributed by atoms with E-state index in [-0.39, 0.29) is 31.4 Å². The van der Waals surface area contributed by atoms with Gasteiger partial charge in [-0.1, -0.05) is 0 Å². The Morgan fingerprint density at radius 2 is 2.07 bits per heavy atom. The summed E-state index contributed by atoms with van der Waals surface area (Å²) in [5.41, 5.74) is -1.39. The van der Waals surface area contributed by atoms with E-state index < -0.39 is 29.3 Å². The molecule has 1 heterocycles. The number of hydrogen-bond acceptors (Lipinski definition) is 5. The molecule has 11 heteroatoms. The molecule has 1 atom stereocenters. The summed E-state index contributed by atoms with van der Waals surface area (Å²) >= 11 is 0. The van der Waals surface area contributed by atoms with E-state index in [1.54, 1.807) is 13.2 Å². The zero-order valence-corrected chi connectivity index (χ0v) is 16.8. The molecule has 1 aromatic rings. The fraction of sp³-hybridized carbons (Fsp3) is 0.526. The van der Waals surface area contributed by atoms with E-state index in [2.05, 4.69) is 10.6 Å². The first-order valence-corrected chi connectivity index (χ1v) is 9.34. The van der Waals surface area contributed by atoms with E-state index in [9.17, 15) is 22.8 Å². The number of piperazine rings is 1. The molecular weight excluding hydrogens is 403 g/mol. The number of halogens is 3. The maximum absolute atomic E-state index is 13.3. The number of carbonyl (C=O) groups is 2. The van der Waals surface area contributed by atoms with Crippen molar-refractivity contribution in [3.63, 3.8) is 0 Å². The van der Waals surface area contributed by atoms with Crippen molar-refractivity contribution in [2.45, 2.75) is 18.6 Å². The molecule has 1 aliphatic rings. The van der Waals surface area contributed by atoms with E-state index in [1.807, 2.05) is 0 Å². The van der Waals surface area contributed by atoms with E-state index in [4.69, 9.17) is 10.00 Å². The molecule has 1 saturated heterocycles. The van der Waals surface area contributed by atoms with Crippen molar-refractivity contribution in [3.05, 3.63) is 29.3 Å². The molecule has 1 aromatic carbocycles. The van der Waals surface area contributed by atoms with Gasteiger partial charge in [0.15, 0.2) is 0 Å². The van der Waals surface area contributed by atoms with Crippen molar-refractivity contribution in [1.82, 2.24) is 15.5 Å². The molecule has 1 aliphatic heterocycles.